The Hall–Kier alpha value is -3.23. The standard InChI is InChI=1S/C26H30ClNO7/c1-15(2)14-35-17-8-6-16(7-9-17)23-22(25(30)26(31)28(23)10-11-32-3)24(29)18-12-21(34-5)19(27)13-20(18)33-4/h6-9,12-13,15,23,29H,10-11,14H2,1-5H3/b24-22+. The van der Waals surface area contributed by atoms with Gasteiger partial charge in [-0.2, -0.15) is 0 Å². The van der Waals surface area contributed by atoms with E-state index in [0.29, 0.717) is 23.8 Å². The number of methoxy groups -OCH3 is 3. The number of likely N-dealkylation sites (tertiary alicyclic amines) is 1. The van der Waals surface area contributed by atoms with Crippen molar-refractivity contribution in [1.29, 1.82) is 0 Å². The van der Waals surface area contributed by atoms with Gasteiger partial charge in [0.15, 0.2) is 0 Å². The number of halogens is 1. The van der Waals surface area contributed by atoms with Crippen molar-refractivity contribution in [2.45, 2.75) is 19.9 Å². The fraction of sp³-hybridized carbons (Fsp3) is 0.385. The molecule has 1 aliphatic heterocycles. The molecule has 3 rings (SSSR count). The lowest BCUT2D eigenvalue weighted by Crippen LogP contribution is -2.32. The Balaban J connectivity index is 2.15. The summed E-state index contributed by atoms with van der Waals surface area (Å²) in [4.78, 5) is 27.6. The molecule has 1 saturated heterocycles. The van der Waals surface area contributed by atoms with Gasteiger partial charge >= 0.3 is 0 Å². The number of ether oxygens (including phenoxy) is 4. The summed E-state index contributed by atoms with van der Waals surface area (Å²) in [6, 6.07) is 9.22. The number of carbonyl (C=O) groups is 2. The summed E-state index contributed by atoms with van der Waals surface area (Å²) in [5.74, 6) is -0.380. The van der Waals surface area contributed by atoms with Crippen LogP contribution in [-0.2, 0) is 14.3 Å². The summed E-state index contributed by atoms with van der Waals surface area (Å²) in [5.41, 5.74) is 0.753. The van der Waals surface area contributed by atoms with Crippen molar-refractivity contribution in [1.82, 2.24) is 4.90 Å². The minimum atomic E-state index is -0.837. The third kappa shape index (κ3) is 5.55. The van der Waals surface area contributed by atoms with Gasteiger partial charge in [0, 0.05) is 19.7 Å². The quantitative estimate of drug-likeness (QED) is 0.290. The highest BCUT2D eigenvalue weighted by atomic mass is 35.5. The summed E-state index contributed by atoms with van der Waals surface area (Å²) < 4.78 is 21.6. The lowest BCUT2D eigenvalue weighted by Gasteiger charge is -2.25. The van der Waals surface area contributed by atoms with Gasteiger partial charge in [0.05, 0.1) is 49.6 Å². The van der Waals surface area contributed by atoms with Gasteiger partial charge in [0.1, 0.15) is 23.0 Å². The lowest BCUT2D eigenvalue weighted by molar-refractivity contribution is -0.140. The van der Waals surface area contributed by atoms with Crippen LogP contribution in [0, 0.1) is 5.92 Å². The number of hydrogen-bond donors (Lipinski definition) is 1. The number of aliphatic hydroxyl groups excluding tert-OH is 1. The maximum Gasteiger partial charge on any atom is 0.295 e. The zero-order valence-electron chi connectivity index (χ0n) is 20.5. The van der Waals surface area contributed by atoms with E-state index in [1.54, 1.807) is 24.3 Å². The summed E-state index contributed by atoms with van der Waals surface area (Å²) in [6.07, 6.45) is 0. The van der Waals surface area contributed by atoms with Crippen molar-refractivity contribution in [3.63, 3.8) is 0 Å². The zero-order valence-corrected chi connectivity index (χ0v) is 21.2. The maximum atomic E-state index is 13.2. The monoisotopic (exact) mass is 503 g/mol. The summed E-state index contributed by atoms with van der Waals surface area (Å²) in [7, 11) is 4.36. The Labute approximate surface area is 210 Å². The third-order valence-corrected chi connectivity index (χ3v) is 5.88. The van der Waals surface area contributed by atoms with Gasteiger partial charge < -0.3 is 29.0 Å². The number of benzene rings is 2. The molecule has 1 aliphatic rings. The van der Waals surface area contributed by atoms with Gasteiger partial charge in [0.25, 0.3) is 11.7 Å². The van der Waals surface area contributed by atoms with E-state index < -0.39 is 17.7 Å². The molecule has 1 amide bonds. The Morgan fingerprint density at radius 2 is 1.71 bits per heavy atom. The van der Waals surface area contributed by atoms with Crippen LogP contribution in [0.4, 0.5) is 0 Å². The van der Waals surface area contributed by atoms with E-state index in [-0.39, 0.29) is 46.6 Å². The number of ketones is 1. The first kappa shape index (κ1) is 26.4. The molecule has 0 spiro atoms. The summed E-state index contributed by atoms with van der Waals surface area (Å²) in [5, 5.41) is 11.6. The molecule has 1 unspecified atom stereocenters. The molecule has 35 heavy (non-hydrogen) atoms. The molecule has 1 atom stereocenters. The number of hydrogen-bond acceptors (Lipinski definition) is 7. The average molecular weight is 504 g/mol. The summed E-state index contributed by atoms with van der Waals surface area (Å²) >= 11 is 6.20. The highest BCUT2D eigenvalue weighted by molar-refractivity contribution is 6.46. The highest BCUT2D eigenvalue weighted by Crippen LogP contribution is 2.43. The van der Waals surface area contributed by atoms with Crippen LogP contribution in [0.3, 0.4) is 0 Å². The van der Waals surface area contributed by atoms with Crippen molar-refractivity contribution in [2.24, 2.45) is 5.92 Å². The van der Waals surface area contributed by atoms with Gasteiger partial charge in [-0.15, -0.1) is 0 Å². The SMILES string of the molecule is COCCN1C(=O)C(=O)/C(=C(/O)c2cc(OC)c(Cl)cc2OC)C1c1ccc(OCC(C)C)cc1. The Morgan fingerprint density at radius 1 is 1.06 bits per heavy atom. The van der Waals surface area contributed by atoms with Gasteiger partial charge in [-0.1, -0.05) is 37.6 Å². The second-order valence-electron chi connectivity index (χ2n) is 8.45. The highest BCUT2D eigenvalue weighted by Gasteiger charge is 2.46. The average Bonchev–Trinajstić information content (AvgIpc) is 3.10. The molecule has 0 aliphatic carbocycles. The van der Waals surface area contributed by atoms with Crippen LogP contribution in [0.25, 0.3) is 5.76 Å². The van der Waals surface area contributed by atoms with Crippen molar-refractivity contribution in [2.75, 3.05) is 41.1 Å². The molecule has 0 aromatic heterocycles. The van der Waals surface area contributed by atoms with E-state index in [1.807, 2.05) is 0 Å². The Morgan fingerprint density at radius 3 is 2.29 bits per heavy atom. The van der Waals surface area contributed by atoms with E-state index in [2.05, 4.69) is 13.8 Å². The Bertz CT molecular complexity index is 1110. The van der Waals surface area contributed by atoms with E-state index in [9.17, 15) is 14.7 Å². The van der Waals surface area contributed by atoms with Crippen molar-refractivity contribution in [3.05, 3.63) is 58.1 Å². The topological polar surface area (TPSA) is 94.5 Å². The minimum absolute atomic E-state index is 0.0652. The number of Topliss-reactive ketones (excluding diaryl/α,β-unsaturated/α-hetero) is 1. The summed E-state index contributed by atoms with van der Waals surface area (Å²) in [6.45, 7) is 5.05. The predicted octanol–water partition coefficient (Wildman–Crippen LogP) is 4.46. The number of amides is 1. The smallest absolute Gasteiger partial charge is 0.295 e. The lowest BCUT2D eigenvalue weighted by atomic mass is 9.95. The molecule has 2 aromatic rings. The second-order valence-corrected chi connectivity index (χ2v) is 8.85. The van der Waals surface area contributed by atoms with Crippen LogP contribution in [0.5, 0.6) is 17.2 Å². The van der Waals surface area contributed by atoms with Gasteiger partial charge in [-0.25, -0.2) is 0 Å². The van der Waals surface area contributed by atoms with Crippen LogP contribution in [0.15, 0.2) is 42.0 Å². The first-order valence-electron chi connectivity index (χ1n) is 11.1. The van der Waals surface area contributed by atoms with Crippen molar-refractivity contribution >= 4 is 29.1 Å². The molecule has 0 radical (unpaired) electrons. The molecule has 0 bridgehead atoms. The molecule has 1 heterocycles. The van der Waals surface area contributed by atoms with Crippen molar-refractivity contribution < 1.29 is 33.6 Å². The van der Waals surface area contributed by atoms with Gasteiger partial charge in [-0.05, 0) is 29.7 Å². The molecule has 0 saturated carbocycles. The largest absolute Gasteiger partial charge is 0.507 e. The number of rotatable bonds is 10. The number of nitrogens with zero attached hydrogens (tertiary/aromatic N) is 1. The fourth-order valence-corrected chi connectivity index (χ4v) is 4.08. The molecule has 1 N–H and O–H groups in total. The molecule has 188 valence electrons. The normalized spacial score (nSPS) is 17.2. The molecule has 9 heteroatoms. The van der Waals surface area contributed by atoms with E-state index in [4.69, 9.17) is 30.5 Å². The van der Waals surface area contributed by atoms with Gasteiger partial charge in [0.2, 0.25) is 0 Å². The number of aliphatic hydroxyl groups is 1. The van der Waals surface area contributed by atoms with Crippen LogP contribution in [0.2, 0.25) is 5.02 Å². The molecule has 1 fully saturated rings. The second kappa shape index (κ2) is 11.5. The molecular weight excluding hydrogens is 474 g/mol. The van der Waals surface area contributed by atoms with Gasteiger partial charge in [-0.3, -0.25) is 9.59 Å². The molecule has 2 aromatic carbocycles. The van der Waals surface area contributed by atoms with Crippen molar-refractivity contribution in [3.8, 4) is 17.2 Å². The van der Waals surface area contributed by atoms with Crippen LogP contribution in [-0.4, -0.2) is 62.8 Å². The van der Waals surface area contributed by atoms with E-state index >= 15 is 0 Å². The first-order chi connectivity index (χ1) is 16.7. The van der Waals surface area contributed by atoms with E-state index in [1.165, 1.54) is 38.4 Å². The van der Waals surface area contributed by atoms with Crippen LogP contribution < -0.4 is 14.2 Å². The molecular formula is C26H30ClNO7. The predicted molar refractivity (Wildman–Crippen MR) is 132 cm³/mol. The first-order valence-corrected chi connectivity index (χ1v) is 11.5. The fourth-order valence-electron chi connectivity index (χ4n) is 3.85. The Kier molecular flexibility index (Phi) is 8.64. The molecule has 8 nitrogen and oxygen atoms in total. The maximum absolute atomic E-state index is 13.2. The van der Waals surface area contributed by atoms with Crippen LogP contribution >= 0.6 is 11.6 Å². The third-order valence-electron chi connectivity index (χ3n) is 5.58. The minimum Gasteiger partial charge on any atom is -0.507 e. The zero-order chi connectivity index (χ0) is 25.7. The van der Waals surface area contributed by atoms with E-state index in [0.717, 1.165) is 0 Å². The van der Waals surface area contributed by atoms with Crippen LogP contribution in [0.1, 0.15) is 31.0 Å². The number of carbonyl (C=O) groups excluding carboxylic acids is 2.